The van der Waals surface area contributed by atoms with Crippen molar-refractivity contribution in [3.8, 4) is 0 Å². The fourth-order valence-electron chi connectivity index (χ4n) is 1.72. The zero-order valence-electron chi connectivity index (χ0n) is 7.95. The van der Waals surface area contributed by atoms with Crippen molar-refractivity contribution in [3.63, 3.8) is 0 Å². The van der Waals surface area contributed by atoms with E-state index in [4.69, 9.17) is 5.73 Å². The van der Waals surface area contributed by atoms with Gasteiger partial charge < -0.3 is 10.6 Å². The van der Waals surface area contributed by atoms with Crippen molar-refractivity contribution >= 4 is 11.8 Å². The van der Waals surface area contributed by atoms with E-state index in [1.54, 1.807) is 4.90 Å². The predicted molar refractivity (Wildman–Crippen MR) is 48.8 cm³/mol. The number of rotatable bonds is 4. The van der Waals surface area contributed by atoms with E-state index in [0.717, 1.165) is 12.8 Å². The summed E-state index contributed by atoms with van der Waals surface area (Å²) in [6, 6.07) is -0.375. The molecule has 13 heavy (non-hydrogen) atoms. The normalized spacial score (nSPS) is 19.2. The van der Waals surface area contributed by atoms with Gasteiger partial charge in [0, 0.05) is 13.0 Å². The summed E-state index contributed by atoms with van der Waals surface area (Å²) in [4.78, 5) is 24.0. The minimum Gasteiger partial charge on any atom is -0.368 e. The topological polar surface area (TPSA) is 63.4 Å². The Balaban J connectivity index is 2.63. The van der Waals surface area contributed by atoms with Crippen LogP contribution in [-0.4, -0.2) is 29.3 Å². The van der Waals surface area contributed by atoms with Crippen LogP contribution < -0.4 is 5.73 Å². The van der Waals surface area contributed by atoms with Crippen LogP contribution in [0.5, 0.6) is 0 Å². The summed E-state index contributed by atoms with van der Waals surface area (Å²) in [5.41, 5.74) is 5.23. The molecule has 1 fully saturated rings. The van der Waals surface area contributed by atoms with Crippen molar-refractivity contribution in [2.45, 2.75) is 38.6 Å². The Labute approximate surface area is 78.1 Å². The SMILES string of the molecule is CCC[C@H](C(N)=O)N1CCCC1=O. The maximum atomic E-state index is 11.3. The molecule has 4 nitrogen and oxygen atoms in total. The first-order chi connectivity index (χ1) is 6.16. The molecule has 1 aliphatic rings. The van der Waals surface area contributed by atoms with Crippen molar-refractivity contribution < 1.29 is 9.59 Å². The molecule has 1 saturated heterocycles. The van der Waals surface area contributed by atoms with E-state index >= 15 is 0 Å². The van der Waals surface area contributed by atoms with Gasteiger partial charge in [0.15, 0.2) is 0 Å². The fourth-order valence-corrected chi connectivity index (χ4v) is 1.72. The lowest BCUT2D eigenvalue weighted by Gasteiger charge is -2.24. The van der Waals surface area contributed by atoms with E-state index in [9.17, 15) is 9.59 Å². The van der Waals surface area contributed by atoms with Crippen molar-refractivity contribution in [1.82, 2.24) is 4.90 Å². The van der Waals surface area contributed by atoms with E-state index in [2.05, 4.69) is 0 Å². The van der Waals surface area contributed by atoms with Crippen LogP contribution in [-0.2, 0) is 9.59 Å². The predicted octanol–water partition coefficient (Wildman–Crippen LogP) is 0.263. The molecule has 0 saturated carbocycles. The van der Waals surface area contributed by atoms with E-state index in [0.29, 0.717) is 19.4 Å². The maximum Gasteiger partial charge on any atom is 0.240 e. The van der Waals surface area contributed by atoms with Crippen molar-refractivity contribution in [2.24, 2.45) is 5.73 Å². The highest BCUT2D eigenvalue weighted by molar-refractivity contribution is 5.87. The lowest BCUT2D eigenvalue weighted by Crippen LogP contribution is -2.45. The number of nitrogens with two attached hydrogens (primary N) is 1. The smallest absolute Gasteiger partial charge is 0.240 e. The second-order valence-corrected chi connectivity index (χ2v) is 3.40. The molecule has 0 bridgehead atoms. The van der Waals surface area contributed by atoms with Gasteiger partial charge in [-0.25, -0.2) is 0 Å². The molecule has 74 valence electrons. The third-order valence-electron chi connectivity index (χ3n) is 2.38. The molecule has 2 amide bonds. The minimum atomic E-state index is -0.378. The highest BCUT2D eigenvalue weighted by Crippen LogP contribution is 2.16. The second-order valence-electron chi connectivity index (χ2n) is 3.40. The first kappa shape index (κ1) is 10.0. The molecule has 4 heteroatoms. The van der Waals surface area contributed by atoms with Crippen molar-refractivity contribution in [1.29, 1.82) is 0 Å². The second kappa shape index (κ2) is 4.25. The number of nitrogens with zero attached hydrogens (tertiary/aromatic N) is 1. The Bertz CT molecular complexity index is 216. The van der Waals surface area contributed by atoms with Crippen LogP contribution in [0.1, 0.15) is 32.6 Å². The standard InChI is InChI=1S/C9H16N2O2/c1-2-4-7(9(10)13)11-6-3-5-8(11)12/h7H,2-6H2,1H3,(H2,10,13)/t7-/m1/s1. The lowest BCUT2D eigenvalue weighted by molar-refractivity contribution is -0.136. The summed E-state index contributed by atoms with van der Waals surface area (Å²) in [6.07, 6.45) is 2.97. The molecule has 1 aliphatic heterocycles. The van der Waals surface area contributed by atoms with Crippen LogP contribution in [0.3, 0.4) is 0 Å². The number of hydrogen-bond donors (Lipinski definition) is 1. The number of hydrogen-bond acceptors (Lipinski definition) is 2. The summed E-state index contributed by atoms with van der Waals surface area (Å²) in [5, 5.41) is 0. The van der Waals surface area contributed by atoms with Gasteiger partial charge in [0.05, 0.1) is 0 Å². The molecule has 0 aromatic heterocycles. The summed E-state index contributed by atoms with van der Waals surface area (Å²) < 4.78 is 0. The largest absolute Gasteiger partial charge is 0.368 e. The summed E-state index contributed by atoms with van der Waals surface area (Å²) in [6.45, 7) is 2.67. The zero-order chi connectivity index (χ0) is 9.84. The van der Waals surface area contributed by atoms with Crippen LogP contribution in [0.4, 0.5) is 0 Å². The van der Waals surface area contributed by atoms with E-state index in [1.165, 1.54) is 0 Å². The Kier molecular flexibility index (Phi) is 3.28. The quantitative estimate of drug-likeness (QED) is 0.681. The summed E-state index contributed by atoms with van der Waals surface area (Å²) in [7, 11) is 0. The van der Waals surface area contributed by atoms with E-state index < -0.39 is 0 Å². The number of likely N-dealkylation sites (tertiary alicyclic amines) is 1. The van der Waals surface area contributed by atoms with Gasteiger partial charge >= 0.3 is 0 Å². The van der Waals surface area contributed by atoms with Crippen LogP contribution in [0.15, 0.2) is 0 Å². The van der Waals surface area contributed by atoms with Gasteiger partial charge in [-0.1, -0.05) is 13.3 Å². The van der Waals surface area contributed by atoms with Crippen LogP contribution in [0.25, 0.3) is 0 Å². The molecule has 1 heterocycles. The molecular formula is C9H16N2O2. The van der Waals surface area contributed by atoms with Crippen LogP contribution in [0, 0.1) is 0 Å². The average molecular weight is 184 g/mol. The van der Waals surface area contributed by atoms with Crippen molar-refractivity contribution in [3.05, 3.63) is 0 Å². The first-order valence-corrected chi connectivity index (χ1v) is 4.75. The van der Waals surface area contributed by atoms with Gasteiger partial charge in [0.2, 0.25) is 11.8 Å². The zero-order valence-corrected chi connectivity index (χ0v) is 7.95. The number of carbonyl (C=O) groups is 2. The lowest BCUT2D eigenvalue weighted by atomic mass is 10.1. The Morgan fingerprint density at radius 2 is 2.38 bits per heavy atom. The van der Waals surface area contributed by atoms with Crippen LogP contribution >= 0.6 is 0 Å². The molecule has 0 aliphatic carbocycles. The van der Waals surface area contributed by atoms with Gasteiger partial charge in [0.1, 0.15) is 6.04 Å². The van der Waals surface area contributed by atoms with Gasteiger partial charge in [-0.15, -0.1) is 0 Å². The average Bonchev–Trinajstić information content (AvgIpc) is 2.47. The third kappa shape index (κ3) is 2.20. The highest BCUT2D eigenvalue weighted by Gasteiger charge is 2.30. The van der Waals surface area contributed by atoms with Crippen molar-refractivity contribution in [2.75, 3.05) is 6.54 Å². The molecule has 1 rings (SSSR count). The summed E-state index contributed by atoms with van der Waals surface area (Å²) >= 11 is 0. The third-order valence-corrected chi connectivity index (χ3v) is 2.38. The number of amides is 2. The van der Waals surface area contributed by atoms with Gasteiger partial charge in [-0.05, 0) is 12.8 Å². The van der Waals surface area contributed by atoms with Crippen LogP contribution in [0.2, 0.25) is 0 Å². The molecule has 2 N–H and O–H groups in total. The molecule has 0 spiro atoms. The first-order valence-electron chi connectivity index (χ1n) is 4.75. The molecule has 0 unspecified atom stereocenters. The Morgan fingerprint density at radius 3 is 2.77 bits per heavy atom. The molecular weight excluding hydrogens is 168 g/mol. The van der Waals surface area contributed by atoms with Gasteiger partial charge in [-0.2, -0.15) is 0 Å². The number of carbonyl (C=O) groups excluding carboxylic acids is 2. The molecule has 0 aromatic rings. The summed E-state index contributed by atoms with van der Waals surface area (Å²) in [5.74, 6) is -0.311. The fraction of sp³-hybridized carbons (Fsp3) is 0.778. The number of primary amides is 1. The Hall–Kier alpha value is -1.06. The van der Waals surface area contributed by atoms with E-state index in [-0.39, 0.29) is 17.9 Å². The maximum absolute atomic E-state index is 11.3. The van der Waals surface area contributed by atoms with Gasteiger partial charge in [-0.3, -0.25) is 9.59 Å². The molecule has 1 atom stereocenters. The monoisotopic (exact) mass is 184 g/mol. The van der Waals surface area contributed by atoms with Gasteiger partial charge in [0.25, 0.3) is 0 Å². The highest BCUT2D eigenvalue weighted by atomic mass is 16.2. The van der Waals surface area contributed by atoms with E-state index in [1.807, 2.05) is 6.92 Å². The molecule has 0 aromatic carbocycles. The molecule has 0 radical (unpaired) electrons. The minimum absolute atomic E-state index is 0.0669. The Morgan fingerprint density at radius 1 is 1.69 bits per heavy atom.